The molecule has 0 aliphatic heterocycles. The third-order valence-electron chi connectivity index (χ3n) is 2.14. The highest BCUT2D eigenvalue weighted by atomic mass is 16.7. The van der Waals surface area contributed by atoms with E-state index in [9.17, 15) is 9.90 Å². The molecule has 1 aromatic carbocycles. The molecule has 19 heavy (non-hydrogen) atoms. The Balaban J connectivity index is 2.56. The van der Waals surface area contributed by atoms with Crippen molar-refractivity contribution in [2.75, 3.05) is 6.54 Å². The highest BCUT2D eigenvalue weighted by Crippen LogP contribution is 2.19. The smallest absolute Gasteiger partial charge is 0.431 e. The Hall–Kier alpha value is -1.79. The van der Waals surface area contributed by atoms with E-state index >= 15 is 0 Å². The summed E-state index contributed by atoms with van der Waals surface area (Å²) >= 11 is 0. The molecule has 1 atom stereocenters. The lowest BCUT2D eigenvalue weighted by Gasteiger charge is -2.21. The highest BCUT2D eigenvalue weighted by Gasteiger charge is 2.18. The van der Waals surface area contributed by atoms with Gasteiger partial charge < -0.3 is 15.6 Å². The van der Waals surface area contributed by atoms with Crippen molar-refractivity contribution in [1.82, 2.24) is 5.48 Å². The van der Waals surface area contributed by atoms with Crippen LogP contribution in [-0.2, 0) is 9.57 Å². The molecule has 6 heteroatoms. The first kappa shape index (κ1) is 15.3. The molecule has 0 fully saturated rings. The van der Waals surface area contributed by atoms with Crippen LogP contribution >= 0.6 is 0 Å². The molecule has 1 aromatic rings. The minimum atomic E-state index is -0.689. The lowest BCUT2D eigenvalue weighted by Crippen LogP contribution is -2.34. The first-order valence-electron chi connectivity index (χ1n) is 5.95. The lowest BCUT2D eigenvalue weighted by atomic mass is 10.1. The number of hydroxylamine groups is 1. The Kier molecular flexibility index (Phi) is 5.14. The van der Waals surface area contributed by atoms with Gasteiger partial charge in [0.2, 0.25) is 0 Å². The van der Waals surface area contributed by atoms with Crippen LogP contribution in [0.5, 0.6) is 5.75 Å². The zero-order chi connectivity index (χ0) is 14.5. The van der Waals surface area contributed by atoms with Gasteiger partial charge in [-0.15, -0.1) is 0 Å². The molecule has 0 radical (unpaired) electrons. The zero-order valence-electron chi connectivity index (χ0n) is 11.3. The fourth-order valence-corrected chi connectivity index (χ4v) is 1.40. The average Bonchev–Trinajstić information content (AvgIpc) is 2.27. The second kappa shape index (κ2) is 6.40. The van der Waals surface area contributed by atoms with E-state index in [1.165, 1.54) is 6.07 Å². The van der Waals surface area contributed by atoms with Crippen LogP contribution in [0.3, 0.4) is 0 Å². The predicted molar refractivity (Wildman–Crippen MR) is 70.4 cm³/mol. The number of nitrogens with one attached hydrogen (secondary N) is 1. The molecule has 0 aliphatic carbocycles. The molecule has 0 bridgehead atoms. The topological polar surface area (TPSA) is 93.8 Å². The Morgan fingerprint density at radius 1 is 1.47 bits per heavy atom. The molecular formula is C13H20N2O4. The van der Waals surface area contributed by atoms with Crippen molar-refractivity contribution < 1.29 is 19.5 Å². The molecule has 4 N–H and O–H groups in total. The monoisotopic (exact) mass is 268 g/mol. The number of aromatic hydroxyl groups is 1. The highest BCUT2D eigenvalue weighted by molar-refractivity contribution is 5.66. The Labute approximate surface area is 112 Å². The molecule has 6 nitrogen and oxygen atoms in total. The molecule has 0 heterocycles. The summed E-state index contributed by atoms with van der Waals surface area (Å²) in [4.78, 5) is 16.6. The molecule has 1 rings (SSSR count). The van der Waals surface area contributed by atoms with Crippen LogP contribution in [0.15, 0.2) is 24.3 Å². The van der Waals surface area contributed by atoms with Gasteiger partial charge in [0.15, 0.2) is 0 Å². The van der Waals surface area contributed by atoms with Gasteiger partial charge in [0.05, 0.1) is 0 Å². The second-order valence-corrected chi connectivity index (χ2v) is 5.04. The third kappa shape index (κ3) is 5.58. The Morgan fingerprint density at radius 3 is 2.68 bits per heavy atom. The standard InChI is InChI=1S/C13H20N2O4/c1-13(2,3)18-12(17)15-19-11(8-14)9-5-4-6-10(16)7-9/h4-7,11,16H,8,14H2,1-3H3,(H,15,17). The largest absolute Gasteiger partial charge is 0.508 e. The van der Waals surface area contributed by atoms with Crippen molar-refractivity contribution >= 4 is 6.09 Å². The maximum Gasteiger partial charge on any atom is 0.431 e. The Morgan fingerprint density at radius 2 is 2.16 bits per heavy atom. The molecule has 0 aliphatic rings. The summed E-state index contributed by atoms with van der Waals surface area (Å²) in [5.74, 6) is 0.108. The van der Waals surface area contributed by atoms with Crippen molar-refractivity contribution in [2.24, 2.45) is 5.73 Å². The Bertz CT molecular complexity index is 429. The van der Waals surface area contributed by atoms with Crippen molar-refractivity contribution in [3.05, 3.63) is 29.8 Å². The van der Waals surface area contributed by atoms with Crippen LogP contribution in [0.1, 0.15) is 32.4 Å². The number of ether oxygens (including phenoxy) is 1. The summed E-state index contributed by atoms with van der Waals surface area (Å²) in [5.41, 5.74) is 7.82. The number of carbonyl (C=O) groups is 1. The van der Waals surface area contributed by atoms with E-state index in [0.29, 0.717) is 5.56 Å². The number of carbonyl (C=O) groups excluding carboxylic acids is 1. The first-order valence-corrected chi connectivity index (χ1v) is 5.95. The fraction of sp³-hybridized carbons (Fsp3) is 0.462. The van der Waals surface area contributed by atoms with Crippen LogP contribution in [-0.4, -0.2) is 23.3 Å². The molecule has 1 unspecified atom stereocenters. The van der Waals surface area contributed by atoms with Crippen LogP contribution in [0.2, 0.25) is 0 Å². The second-order valence-electron chi connectivity index (χ2n) is 5.04. The van der Waals surface area contributed by atoms with E-state index in [-0.39, 0.29) is 12.3 Å². The summed E-state index contributed by atoms with van der Waals surface area (Å²) < 4.78 is 5.03. The van der Waals surface area contributed by atoms with Crippen molar-refractivity contribution in [3.8, 4) is 5.75 Å². The van der Waals surface area contributed by atoms with E-state index in [0.717, 1.165) is 0 Å². The van der Waals surface area contributed by atoms with Crippen LogP contribution in [0, 0.1) is 0 Å². The minimum absolute atomic E-state index is 0.108. The van der Waals surface area contributed by atoms with E-state index in [1.54, 1.807) is 39.0 Å². The van der Waals surface area contributed by atoms with Gasteiger partial charge in [-0.2, -0.15) is 5.48 Å². The van der Waals surface area contributed by atoms with Gasteiger partial charge in [-0.1, -0.05) is 12.1 Å². The number of benzene rings is 1. The number of phenols is 1. The number of rotatable bonds is 4. The lowest BCUT2D eigenvalue weighted by molar-refractivity contribution is -0.0403. The molecule has 106 valence electrons. The molecule has 0 spiro atoms. The number of nitrogens with two attached hydrogens (primary N) is 1. The molecule has 1 amide bonds. The van der Waals surface area contributed by atoms with Gasteiger partial charge in [0, 0.05) is 6.54 Å². The maximum absolute atomic E-state index is 11.4. The summed E-state index contributed by atoms with van der Waals surface area (Å²) in [6.45, 7) is 5.41. The van der Waals surface area contributed by atoms with Crippen molar-refractivity contribution in [3.63, 3.8) is 0 Å². The third-order valence-corrected chi connectivity index (χ3v) is 2.14. The summed E-state index contributed by atoms with van der Waals surface area (Å²) in [5, 5.41) is 9.38. The van der Waals surface area contributed by atoms with Gasteiger partial charge in [-0.25, -0.2) is 4.79 Å². The number of amides is 1. The van der Waals surface area contributed by atoms with Crippen molar-refractivity contribution in [1.29, 1.82) is 0 Å². The SMILES string of the molecule is CC(C)(C)OC(=O)NOC(CN)c1cccc(O)c1. The van der Waals surface area contributed by atoms with Gasteiger partial charge in [-0.3, -0.25) is 4.84 Å². The summed E-state index contributed by atoms with van der Waals surface area (Å²) in [7, 11) is 0. The van der Waals surface area contributed by atoms with E-state index in [2.05, 4.69) is 5.48 Å². The van der Waals surface area contributed by atoms with Crippen molar-refractivity contribution in [2.45, 2.75) is 32.5 Å². The zero-order valence-corrected chi connectivity index (χ0v) is 11.3. The molecule has 0 saturated carbocycles. The van der Waals surface area contributed by atoms with Gasteiger partial charge >= 0.3 is 6.09 Å². The predicted octanol–water partition coefficient (Wildman–Crippen LogP) is 1.85. The molecular weight excluding hydrogens is 248 g/mol. The normalized spacial score (nSPS) is 12.8. The fourth-order valence-electron chi connectivity index (χ4n) is 1.40. The summed E-state index contributed by atoms with van der Waals surface area (Å²) in [6, 6.07) is 6.48. The first-order chi connectivity index (χ1) is 8.81. The van der Waals surface area contributed by atoms with Crippen LogP contribution in [0.4, 0.5) is 4.79 Å². The number of hydrogen-bond donors (Lipinski definition) is 3. The average molecular weight is 268 g/mol. The quantitative estimate of drug-likeness (QED) is 0.724. The van der Waals surface area contributed by atoms with Gasteiger partial charge in [0.1, 0.15) is 17.5 Å². The van der Waals surface area contributed by atoms with Crippen LogP contribution < -0.4 is 11.2 Å². The van der Waals surface area contributed by atoms with Crippen LogP contribution in [0.25, 0.3) is 0 Å². The van der Waals surface area contributed by atoms with Gasteiger partial charge in [0.25, 0.3) is 0 Å². The number of hydrogen-bond acceptors (Lipinski definition) is 5. The minimum Gasteiger partial charge on any atom is -0.508 e. The van der Waals surface area contributed by atoms with E-state index in [1.807, 2.05) is 0 Å². The van der Waals surface area contributed by atoms with E-state index < -0.39 is 17.8 Å². The van der Waals surface area contributed by atoms with Gasteiger partial charge in [-0.05, 0) is 38.5 Å². The maximum atomic E-state index is 11.4. The molecule has 0 aromatic heterocycles. The summed E-state index contributed by atoms with van der Waals surface area (Å²) in [6.07, 6.45) is -1.24. The number of phenolic OH excluding ortho intramolecular Hbond substituents is 1. The molecule has 0 saturated heterocycles. The van der Waals surface area contributed by atoms with E-state index in [4.69, 9.17) is 15.3 Å².